The van der Waals surface area contributed by atoms with E-state index >= 15 is 0 Å². The lowest BCUT2D eigenvalue weighted by atomic mass is 10.0. The molecule has 1 rings (SSSR count). The first kappa shape index (κ1) is 8.47. The van der Waals surface area contributed by atoms with E-state index in [4.69, 9.17) is 5.41 Å². The average Bonchev–Trinajstić information content (AvgIpc) is 2.04. The molecule has 0 radical (unpaired) electrons. The molecule has 0 saturated heterocycles. The van der Waals surface area contributed by atoms with Gasteiger partial charge in [-0.05, 0) is 11.6 Å². The van der Waals surface area contributed by atoms with Gasteiger partial charge in [-0.3, -0.25) is 0 Å². The molecule has 1 aromatic carbocycles. The summed E-state index contributed by atoms with van der Waals surface area (Å²) in [6, 6.07) is 7.99. The van der Waals surface area contributed by atoms with Crippen LogP contribution in [0.3, 0.4) is 0 Å². The number of nitrogens with one attached hydrogen (secondary N) is 1. The fourth-order valence-electron chi connectivity index (χ4n) is 0.934. The zero-order chi connectivity index (χ0) is 8.27. The molecule has 0 aromatic heterocycles. The summed E-state index contributed by atoms with van der Waals surface area (Å²) in [6.07, 6.45) is 1.44. The molecule has 0 saturated carbocycles. The molecule has 0 fully saturated rings. The van der Waals surface area contributed by atoms with Crippen LogP contribution >= 0.6 is 15.9 Å². The molecule has 0 spiro atoms. The lowest BCUT2D eigenvalue weighted by molar-refractivity contribution is 1.03. The maximum absolute atomic E-state index is 7.10. The Kier molecular flexibility index (Phi) is 2.83. The first-order chi connectivity index (χ1) is 5.25. The van der Waals surface area contributed by atoms with Gasteiger partial charge in [-0.1, -0.05) is 41.1 Å². The van der Waals surface area contributed by atoms with E-state index in [9.17, 15) is 0 Å². The van der Waals surface area contributed by atoms with Crippen molar-refractivity contribution in [1.29, 1.82) is 5.41 Å². The number of halogens is 1. The topological polar surface area (TPSA) is 23.9 Å². The Morgan fingerprint density at radius 3 is 2.64 bits per heavy atom. The van der Waals surface area contributed by atoms with Crippen LogP contribution in [0.25, 0.3) is 0 Å². The van der Waals surface area contributed by atoms with Crippen LogP contribution in [0.2, 0.25) is 0 Å². The minimum absolute atomic E-state index is 0.200. The van der Waals surface area contributed by atoms with Crippen LogP contribution in [0.4, 0.5) is 0 Å². The van der Waals surface area contributed by atoms with Crippen molar-refractivity contribution in [2.75, 3.05) is 0 Å². The molecule has 1 atom stereocenters. The zero-order valence-electron chi connectivity index (χ0n) is 6.34. The Morgan fingerprint density at radius 1 is 1.45 bits per heavy atom. The molecule has 2 heteroatoms. The summed E-state index contributed by atoms with van der Waals surface area (Å²) in [6.45, 7) is 2.01. The second-order valence-corrected chi connectivity index (χ2v) is 3.33. The quantitative estimate of drug-likeness (QED) is 0.728. The zero-order valence-corrected chi connectivity index (χ0v) is 7.93. The van der Waals surface area contributed by atoms with Gasteiger partial charge >= 0.3 is 0 Å². The predicted molar refractivity (Wildman–Crippen MR) is 51.3 cm³/mol. The summed E-state index contributed by atoms with van der Waals surface area (Å²) < 4.78 is 1.08. The van der Waals surface area contributed by atoms with Crippen LogP contribution in [0.15, 0.2) is 28.7 Å². The Labute approximate surface area is 75.1 Å². The van der Waals surface area contributed by atoms with Gasteiger partial charge in [-0.2, -0.15) is 0 Å². The van der Waals surface area contributed by atoms with E-state index in [0.29, 0.717) is 0 Å². The molecule has 1 unspecified atom stereocenters. The van der Waals surface area contributed by atoms with Gasteiger partial charge in [-0.25, -0.2) is 0 Å². The largest absolute Gasteiger partial charge is 0.312 e. The fraction of sp³-hybridized carbons (Fsp3) is 0.222. The van der Waals surface area contributed by atoms with Gasteiger partial charge in [0.2, 0.25) is 0 Å². The highest BCUT2D eigenvalue weighted by Gasteiger charge is 2.03. The monoisotopic (exact) mass is 211 g/mol. The second-order valence-electron chi connectivity index (χ2n) is 2.48. The van der Waals surface area contributed by atoms with E-state index in [0.717, 1.165) is 4.47 Å². The van der Waals surface area contributed by atoms with E-state index in [1.54, 1.807) is 0 Å². The summed E-state index contributed by atoms with van der Waals surface area (Å²) in [5.41, 5.74) is 1.17. The van der Waals surface area contributed by atoms with E-state index in [1.165, 1.54) is 11.8 Å². The van der Waals surface area contributed by atoms with Crippen molar-refractivity contribution in [1.82, 2.24) is 0 Å². The van der Waals surface area contributed by atoms with E-state index in [-0.39, 0.29) is 5.92 Å². The summed E-state index contributed by atoms with van der Waals surface area (Å²) in [7, 11) is 0. The Hall–Kier alpha value is -0.630. The Morgan fingerprint density at radius 2 is 2.09 bits per heavy atom. The first-order valence-corrected chi connectivity index (χ1v) is 4.30. The molecular formula is C9H10BrN. The maximum atomic E-state index is 7.10. The van der Waals surface area contributed by atoms with Gasteiger partial charge in [0.15, 0.2) is 0 Å². The first-order valence-electron chi connectivity index (χ1n) is 3.50. The highest BCUT2D eigenvalue weighted by Crippen LogP contribution is 2.22. The van der Waals surface area contributed by atoms with Crippen LogP contribution in [0.5, 0.6) is 0 Å². The van der Waals surface area contributed by atoms with Crippen molar-refractivity contribution in [3.8, 4) is 0 Å². The minimum Gasteiger partial charge on any atom is -0.312 e. The minimum atomic E-state index is 0.200. The molecule has 1 nitrogen and oxygen atoms in total. The van der Waals surface area contributed by atoms with Crippen molar-refractivity contribution >= 4 is 22.1 Å². The molecule has 0 aliphatic heterocycles. The van der Waals surface area contributed by atoms with Crippen molar-refractivity contribution in [3.05, 3.63) is 34.3 Å². The molecular weight excluding hydrogens is 202 g/mol. The highest BCUT2D eigenvalue weighted by molar-refractivity contribution is 9.10. The fourth-order valence-corrected chi connectivity index (χ4v) is 1.58. The normalized spacial score (nSPS) is 12.5. The molecule has 0 heterocycles. The Bertz CT molecular complexity index is 257. The van der Waals surface area contributed by atoms with Crippen molar-refractivity contribution < 1.29 is 0 Å². The molecule has 1 N–H and O–H groups in total. The van der Waals surface area contributed by atoms with Crippen LogP contribution < -0.4 is 0 Å². The third kappa shape index (κ3) is 1.90. The van der Waals surface area contributed by atoms with Gasteiger partial charge in [0.1, 0.15) is 0 Å². The molecule has 0 amide bonds. The third-order valence-corrected chi connectivity index (χ3v) is 2.37. The molecule has 0 aliphatic rings. The van der Waals surface area contributed by atoms with Crippen molar-refractivity contribution in [2.24, 2.45) is 0 Å². The number of rotatable bonds is 2. The smallest absolute Gasteiger partial charge is 0.0213 e. The molecule has 0 bridgehead atoms. The molecule has 0 aliphatic carbocycles. The SMILES string of the molecule is CC(C=N)c1ccccc1Br. The van der Waals surface area contributed by atoms with Gasteiger partial charge in [-0.15, -0.1) is 0 Å². The summed E-state index contributed by atoms with van der Waals surface area (Å²) in [5, 5.41) is 7.10. The number of hydrogen-bond acceptors (Lipinski definition) is 1. The third-order valence-electron chi connectivity index (χ3n) is 1.65. The van der Waals surface area contributed by atoms with E-state index < -0.39 is 0 Å². The molecule has 58 valence electrons. The van der Waals surface area contributed by atoms with E-state index in [2.05, 4.69) is 15.9 Å². The van der Waals surface area contributed by atoms with Gasteiger partial charge in [0.25, 0.3) is 0 Å². The van der Waals surface area contributed by atoms with Crippen LogP contribution in [0, 0.1) is 5.41 Å². The second kappa shape index (κ2) is 3.67. The highest BCUT2D eigenvalue weighted by atomic mass is 79.9. The van der Waals surface area contributed by atoms with Gasteiger partial charge < -0.3 is 5.41 Å². The standard InChI is InChI=1S/C9H10BrN/c1-7(6-11)8-4-2-3-5-9(8)10/h2-7,11H,1H3. The van der Waals surface area contributed by atoms with E-state index in [1.807, 2.05) is 31.2 Å². The van der Waals surface area contributed by atoms with Crippen LogP contribution in [-0.2, 0) is 0 Å². The van der Waals surface area contributed by atoms with Crippen LogP contribution in [-0.4, -0.2) is 6.21 Å². The average molecular weight is 212 g/mol. The van der Waals surface area contributed by atoms with Crippen LogP contribution in [0.1, 0.15) is 18.4 Å². The lowest BCUT2D eigenvalue weighted by Gasteiger charge is -2.06. The summed E-state index contributed by atoms with van der Waals surface area (Å²) in [4.78, 5) is 0. The number of hydrogen-bond donors (Lipinski definition) is 1. The van der Waals surface area contributed by atoms with Crippen molar-refractivity contribution in [3.63, 3.8) is 0 Å². The number of benzene rings is 1. The van der Waals surface area contributed by atoms with Gasteiger partial charge in [0.05, 0.1) is 0 Å². The summed E-state index contributed by atoms with van der Waals surface area (Å²) >= 11 is 3.43. The van der Waals surface area contributed by atoms with Gasteiger partial charge in [0, 0.05) is 16.6 Å². The van der Waals surface area contributed by atoms with Crippen molar-refractivity contribution in [2.45, 2.75) is 12.8 Å². The summed E-state index contributed by atoms with van der Waals surface area (Å²) in [5.74, 6) is 0.200. The Balaban J connectivity index is 3.02. The maximum Gasteiger partial charge on any atom is 0.0213 e. The molecule has 1 aromatic rings. The molecule has 11 heavy (non-hydrogen) atoms. The predicted octanol–water partition coefficient (Wildman–Crippen LogP) is 3.20. The lowest BCUT2D eigenvalue weighted by Crippen LogP contribution is -1.93.